The number of pyridine rings is 1. The molecule has 0 radical (unpaired) electrons. The molecule has 0 atom stereocenters. The van der Waals surface area contributed by atoms with Gasteiger partial charge in [0.15, 0.2) is 0 Å². The van der Waals surface area contributed by atoms with Gasteiger partial charge in [0.1, 0.15) is 5.58 Å². The average Bonchev–Trinajstić information content (AvgIpc) is 2.53. The molecule has 122 valence electrons. The fraction of sp³-hybridized carbons (Fsp3) is 0.176. The summed E-state index contributed by atoms with van der Waals surface area (Å²) in [4.78, 5) is 15.4. The number of benzene rings is 1. The molecule has 0 bridgehead atoms. The molecule has 3 aromatic rings. The summed E-state index contributed by atoms with van der Waals surface area (Å²) in [6, 6.07) is 11.2. The molecule has 1 aliphatic rings. The highest BCUT2D eigenvalue weighted by molar-refractivity contribution is 7.89. The summed E-state index contributed by atoms with van der Waals surface area (Å²) in [6.07, 6.45) is 3.42. The lowest BCUT2D eigenvalue weighted by Crippen LogP contribution is -2.48. The van der Waals surface area contributed by atoms with Crippen LogP contribution in [0.1, 0.15) is 11.5 Å². The van der Waals surface area contributed by atoms with Gasteiger partial charge < -0.3 is 4.42 Å². The number of sulfonamides is 1. The Morgan fingerprint density at radius 1 is 1.04 bits per heavy atom. The SMILES string of the molecule is O=c1ccc2cc(S(=O)(=O)N3CC(c4ccncc4)C3)ccc2o1. The summed E-state index contributed by atoms with van der Waals surface area (Å²) in [5.74, 6) is 0.196. The van der Waals surface area contributed by atoms with Gasteiger partial charge in [0.25, 0.3) is 0 Å². The maximum Gasteiger partial charge on any atom is 0.336 e. The molecule has 1 aliphatic heterocycles. The third kappa shape index (κ3) is 2.51. The maximum atomic E-state index is 12.7. The molecule has 1 aromatic carbocycles. The molecule has 0 saturated carbocycles. The van der Waals surface area contributed by atoms with Crippen LogP contribution < -0.4 is 5.63 Å². The monoisotopic (exact) mass is 342 g/mol. The van der Waals surface area contributed by atoms with Gasteiger partial charge in [-0.1, -0.05) is 0 Å². The second kappa shape index (κ2) is 5.54. The van der Waals surface area contributed by atoms with E-state index in [4.69, 9.17) is 4.42 Å². The standard InChI is InChI=1S/C17H14N2O4S/c20-17-4-1-13-9-15(2-3-16(13)23-17)24(21,22)19-10-14(11-19)12-5-7-18-8-6-12/h1-9,14H,10-11H2. The van der Waals surface area contributed by atoms with Crippen molar-refractivity contribution in [1.82, 2.24) is 9.29 Å². The van der Waals surface area contributed by atoms with Gasteiger partial charge in [-0.05, 0) is 42.0 Å². The predicted octanol–water partition coefficient (Wildman–Crippen LogP) is 1.98. The minimum absolute atomic E-state index is 0.196. The molecule has 3 heterocycles. The van der Waals surface area contributed by atoms with Crippen LogP contribution in [-0.2, 0) is 10.0 Å². The van der Waals surface area contributed by atoms with Crippen molar-refractivity contribution in [2.45, 2.75) is 10.8 Å². The first kappa shape index (κ1) is 15.0. The maximum absolute atomic E-state index is 12.7. The van der Waals surface area contributed by atoms with Gasteiger partial charge in [0.05, 0.1) is 4.90 Å². The lowest BCUT2D eigenvalue weighted by Gasteiger charge is -2.38. The van der Waals surface area contributed by atoms with Gasteiger partial charge in [0.2, 0.25) is 10.0 Å². The molecular weight excluding hydrogens is 328 g/mol. The second-order valence-electron chi connectivity index (χ2n) is 5.75. The minimum atomic E-state index is -3.55. The quantitative estimate of drug-likeness (QED) is 0.680. The van der Waals surface area contributed by atoms with Crippen LogP contribution in [0.15, 0.2) is 69.0 Å². The van der Waals surface area contributed by atoms with Gasteiger partial charge in [0, 0.05) is 42.9 Å². The first-order chi connectivity index (χ1) is 11.5. The Labute approximate surface area is 138 Å². The number of hydrogen-bond donors (Lipinski definition) is 0. The number of fused-ring (bicyclic) bond motifs is 1. The Morgan fingerprint density at radius 2 is 1.79 bits per heavy atom. The Morgan fingerprint density at radius 3 is 2.54 bits per heavy atom. The number of rotatable bonds is 3. The zero-order valence-corrected chi connectivity index (χ0v) is 13.4. The van der Waals surface area contributed by atoms with Crippen LogP contribution >= 0.6 is 0 Å². The van der Waals surface area contributed by atoms with Crippen LogP contribution in [0.5, 0.6) is 0 Å². The van der Waals surface area contributed by atoms with Gasteiger partial charge in [-0.3, -0.25) is 4.98 Å². The van der Waals surface area contributed by atoms with E-state index in [-0.39, 0.29) is 10.8 Å². The molecule has 0 spiro atoms. The smallest absolute Gasteiger partial charge is 0.336 e. The van der Waals surface area contributed by atoms with Crippen LogP contribution in [0.4, 0.5) is 0 Å². The van der Waals surface area contributed by atoms with Gasteiger partial charge in [-0.15, -0.1) is 0 Å². The minimum Gasteiger partial charge on any atom is -0.423 e. The van der Waals surface area contributed by atoms with Crippen molar-refractivity contribution < 1.29 is 12.8 Å². The van der Waals surface area contributed by atoms with Crippen LogP contribution in [0.2, 0.25) is 0 Å². The van der Waals surface area contributed by atoms with Crippen molar-refractivity contribution in [3.63, 3.8) is 0 Å². The summed E-state index contributed by atoms with van der Waals surface area (Å²) in [7, 11) is -3.55. The highest BCUT2D eigenvalue weighted by Crippen LogP contribution is 2.32. The zero-order valence-electron chi connectivity index (χ0n) is 12.6. The van der Waals surface area contributed by atoms with Crippen LogP contribution in [0, 0.1) is 0 Å². The molecule has 0 N–H and O–H groups in total. The largest absolute Gasteiger partial charge is 0.423 e. The van der Waals surface area contributed by atoms with Gasteiger partial charge in [-0.2, -0.15) is 4.31 Å². The van der Waals surface area contributed by atoms with Crippen LogP contribution in [-0.4, -0.2) is 30.8 Å². The van der Waals surface area contributed by atoms with Gasteiger partial charge in [-0.25, -0.2) is 13.2 Å². The first-order valence-electron chi connectivity index (χ1n) is 7.48. The second-order valence-corrected chi connectivity index (χ2v) is 7.69. The summed E-state index contributed by atoms with van der Waals surface area (Å²) < 4.78 is 31.9. The average molecular weight is 342 g/mol. The number of hydrogen-bond acceptors (Lipinski definition) is 5. The number of aromatic nitrogens is 1. The van der Waals surface area contributed by atoms with Gasteiger partial charge >= 0.3 is 5.63 Å². The highest BCUT2D eigenvalue weighted by atomic mass is 32.2. The summed E-state index contributed by atoms with van der Waals surface area (Å²) in [6.45, 7) is 0.905. The molecular formula is C17H14N2O4S. The Hall–Kier alpha value is -2.51. The van der Waals surface area contributed by atoms with Crippen LogP contribution in [0.25, 0.3) is 11.0 Å². The van der Waals surface area contributed by atoms with E-state index in [0.717, 1.165) is 5.56 Å². The van der Waals surface area contributed by atoms with E-state index in [9.17, 15) is 13.2 Å². The first-order valence-corrected chi connectivity index (χ1v) is 8.92. The van der Waals surface area contributed by atoms with E-state index >= 15 is 0 Å². The molecule has 0 aliphatic carbocycles. The lowest BCUT2D eigenvalue weighted by molar-refractivity contribution is 0.264. The van der Waals surface area contributed by atoms with E-state index in [1.807, 2.05) is 12.1 Å². The van der Waals surface area contributed by atoms with Crippen molar-refractivity contribution in [2.75, 3.05) is 13.1 Å². The fourth-order valence-corrected chi connectivity index (χ4v) is 4.41. The van der Waals surface area contributed by atoms with Crippen molar-refractivity contribution in [3.05, 3.63) is 70.8 Å². The Kier molecular flexibility index (Phi) is 3.47. The summed E-state index contributed by atoms with van der Waals surface area (Å²) in [5, 5.41) is 0.585. The third-order valence-electron chi connectivity index (χ3n) is 4.25. The Bertz CT molecular complexity index is 1050. The molecule has 7 heteroatoms. The van der Waals surface area contributed by atoms with Crippen molar-refractivity contribution in [2.24, 2.45) is 0 Å². The van der Waals surface area contributed by atoms with Crippen molar-refractivity contribution >= 4 is 21.0 Å². The molecule has 1 fully saturated rings. The molecule has 0 unspecified atom stereocenters. The van der Waals surface area contributed by atoms with E-state index in [2.05, 4.69) is 4.98 Å². The van der Waals surface area contributed by atoms with E-state index < -0.39 is 15.6 Å². The highest BCUT2D eigenvalue weighted by Gasteiger charge is 2.37. The molecule has 0 amide bonds. The van der Waals surface area contributed by atoms with E-state index in [0.29, 0.717) is 24.1 Å². The summed E-state index contributed by atoms with van der Waals surface area (Å²) in [5.41, 5.74) is 1.01. The number of nitrogens with zero attached hydrogens (tertiary/aromatic N) is 2. The Balaban J connectivity index is 1.60. The van der Waals surface area contributed by atoms with E-state index in [1.54, 1.807) is 18.5 Å². The van der Waals surface area contributed by atoms with Crippen LogP contribution in [0.3, 0.4) is 0 Å². The summed E-state index contributed by atoms with van der Waals surface area (Å²) >= 11 is 0. The third-order valence-corrected chi connectivity index (χ3v) is 6.08. The van der Waals surface area contributed by atoms with E-state index in [1.165, 1.54) is 28.6 Å². The normalized spacial score (nSPS) is 16.2. The molecule has 24 heavy (non-hydrogen) atoms. The van der Waals surface area contributed by atoms with Crippen molar-refractivity contribution in [3.8, 4) is 0 Å². The predicted molar refractivity (Wildman–Crippen MR) is 88.2 cm³/mol. The zero-order chi connectivity index (χ0) is 16.7. The molecule has 1 saturated heterocycles. The molecule has 2 aromatic heterocycles. The lowest BCUT2D eigenvalue weighted by atomic mass is 9.95. The van der Waals surface area contributed by atoms with Crippen molar-refractivity contribution in [1.29, 1.82) is 0 Å². The molecule has 6 nitrogen and oxygen atoms in total. The topological polar surface area (TPSA) is 80.5 Å². The fourth-order valence-electron chi connectivity index (χ4n) is 2.84. The molecule has 4 rings (SSSR count).